The Labute approximate surface area is 199 Å². The molecule has 2 aromatic heterocycles. The van der Waals surface area contributed by atoms with Crippen molar-refractivity contribution in [2.24, 2.45) is 7.05 Å². The Morgan fingerprint density at radius 2 is 2.03 bits per heavy atom. The van der Waals surface area contributed by atoms with Gasteiger partial charge < -0.3 is 10.1 Å². The molecule has 2 atom stereocenters. The maximum atomic E-state index is 12.7. The van der Waals surface area contributed by atoms with Crippen molar-refractivity contribution in [3.05, 3.63) is 42.4 Å². The monoisotopic (exact) mass is 460 g/mol. The summed E-state index contributed by atoms with van der Waals surface area (Å²) >= 11 is 0. The molecule has 8 heteroatoms. The highest BCUT2D eigenvalue weighted by Gasteiger charge is 2.39. The summed E-state index contributed by atoms with van der Waals surface area (Å²) in [5, 5.41) is 9.67. The second-order valence-electron chi connectivity index (χ2n) is 9.92. The van der Waals surface area contributed by atoms with Crippen LogP contribution in [0.3, 0.4) is 0 Å². The van der Waals surface area contributed by atoms with Crippen molar-refractivity contribution >= 4 is 22.5 Å². The average molecular weight is 461 g/mol. The minimum atomic E-state index is -0.0216. The van der Waals surface area contributed by atoms with Crippen molar-refractivity contribution in [2.75, 3.05) is 38.1 Å². The topological polar surface area (TPSA) is 75.5 Å². The van der Waals surface area contributed by atoms with Gasteiger partial charge in [0.05, 0.1) is 31.1 Å². The fourth-order valence-corrected chi connectivity index (χ4v) is 5.64. The first kappa shape index (κ1) is 21.7. The lowest BCUT2D eigenvalue weighted by Crippen LogP contribution is -2.41. The standard InChI is InChI=1S/C26H32N6O2/c1-30-24(15-31-7-3-2-4-8-31)23(13-28-30)18-5-6-19-12-27-25(10-20(19)9-18)29-26(33)16-32-14-22-11-21(32)17-34-22/h5-6,9-10,12-13,21-22H,2-4,7-8,11,14-17H2,1H3,(H,27,29,33). The van der Waals surface area contributed by atoms with E-state index >= 15 is 0 Å². The molecule has 0 aliphatic carbocycles. The number of hydrogen-bond donors (Lipinski definition) is 1. The number of rotatable bonds is 6. The van der Waals surface area contributed by atoms with Crippen molar-refractivity contribution < 1.29 is 9.53 Å². The van der Waals surface area contributed by atoms with Crippen molar-refractivity contribution in [1.29, 1.82) is 0 Å². The molecule has 3 fully saturated rings. The van der Waals surface area contributed by atoms with Crippen LogP contribution in [-0.2, 0) is 23.1 Å². The molecular weight excluding hydrogens is 428 g/mol. The van der Waals surface area contributed by atoms with Gasteiger partial charge in [-0.25, -0.2) is 4.98 Å². The molecule has 3 saturated heterocycles. The second kappa shape index (κ2) is 9.09. The number of nitrogens with zero attached hydrogens (tertiary/aromatic N) is 5. The maximum absolute atomic E-state index is 12.7. The molecule has 0 radical (unpaired) electrons. The fraction of sp³-hybridized carbons (Fsp3) is 0.500. The van der Waals surface area contributed by atoms with Crippen LogP contribution in [0.4, 0.5) is 5.82 Å². The summed E-state index contributed by atoms with van der Waals surface area (Å²) in [7, 11) is 2.03. The van der Waals surface area contributed by atoms with Crippen LogP contribution >= 0.6 is 0 Å². The van der Waals surface area contributed by atoms with Crippen LogP contribution in [0, 0.1) is 0 Å². The Balaban J connectivity index is 1.20. The third-order valence-corrected chi connectivity index (χ3v) is 7.54. The van der Waals surface area contributed by atoms with E-state index in [2.05, 4.69) is 43.4 Å². The SMILES string of the molecule is Cn1ncc(-c2ccc3cnc(NC(=O)CN4CC5CC4CO5)cc3c2)c1CN1CCCCC1. The molecule has 0 spiro atoms. The number of benzene rings is 1. The van der Waals surface area contributed by atoms with E-state index in [0.29, 0.717) is 24.5 Å². The minimum Gasteiger partial charge on any atom is -0.375 e. The quantitative estimate of drug-likeness (QED) is 0.610. The summed E-state index contributed by atoms with van der Waals surface area (Å²) in [6.07, 6.45) is 9.02. The van der Waals surface area contributed by atoms with E-state index < -0.39 is 0 Å². The number of nitrogens with one attached hydrogen (secondary N) is 1. The smallest absolute Gasteiger partial charge is 0.239 e. The van der Waals surface area contributed by atoms with Gasteiger partial charge in [0.25, 0.3) is 0 Å². The number of ether oxygens (including phenoxy) is 1. The van der Waals surface area contributed by atoms with Crippen LogP contribution in [0.15, 0.2) is 36.7 Å². The number of anilines is 1. The predicted octanol–water partition coefficient (Wildman–Crippen LogP) is 3.03. The van der Waals surface area contributed by atoms with Gasteiger partial charge in [-0.1, -0.05) is 18.6 Å². The van der Waals surface area contributed by atoms with Crippen LogP contribution in [0.2, 0.25) is 0 Å². The zero-order chi connectivity index (χ0) is 23.1. The zero-order valence-electron chi connectivity index (χ0n) is 19.7. The van der Waals surface area contributed by atoms with Gasteiger partial charge >= 0.3 is 0 Å². The van der Waals surface area contributed by atoms with E-state index in [-0.39, 0.29) is 5.91 Å². The molecule has 6 rings (SSSR count). The number of morpholine rings is 1. The van der Waals surface area contributed by atoms with Gasteiger partial charge in [0.1, 0.15) is 5.82 Å². The Morgan fingerprint density at radius 1 is 1.15 bits per heavy atom. The van der Waals surface area contributed by atoms with Gasteiger partial charge in [0.15, 0.2) is 0 Å². The Morgan fingerprint density at radius 3 is 2.82 bits per heavy atom. The van der Waals surface area contributed by atoms with Crippen LogP contribution in [0.25, 0.3) is 21.9 Å². The molecule has 0 saturated carbocycles. The van der Waals surface area contributed by atoms with E-state index in [1.807, 2.05) is 30.2 Å². The molecule has 2 bridgehead atoms. The molecular formula is C26H32N6O2. The molecule has 5 heterocycles. The fourth-order valence-electron chi connectivity index (χ4n) is 5.64. The number of carbonyl (C=O) groups is 1. The van der Waals surface area contributed by atoms with Gasteiger partial charge in [-0.2, -0.15) is 5.10 Å². The summed E-state index contributed by atoms with van der Waals surface area (Å²) in [6, 6.07) is 8.77. The molecule has 3 aliphatic heterocycles. The minimum absolute atomic E-state index is 0.0216. The summed E-state index contributed by atoms with van der Waals surface area (Å²) in [5.41, 5.74) is 3.56. The molecule has 3 aromatic rings. The Kier molecular flexibility index (Phi) is 5.80. The van der Waals surface area contributed by atoms with Crippen LogP contribution in [0.5, 0.6) is 0 Å². The Hall–Kier alpha value is -2.81. The lowest BCUT2D eigenvalue weighted by Gasteiger charge is -2.26. The summed E-state index contributed by atoms with van der Waals surface area (Å²) < 4.78 is 7.64. The molecule has 178 valence electrons. The highest BCUT2D eigenvalue weighted by Crippen LogP contribution is 2.30. The van der Waals surface area contributed by atoms with Gasteiger partial charge in [-0.05, 0) is 55.4 Å². The van der Waals surface area contributed by atoms with E-state index in [1.54, 1.807) is 0 Å². The lowest BCUT2D eigenvalue weighted by molar-refractivity contribution is -0.118. The number of piperidine rings is 1. The molecule has 1 N–H and O–H groups in total. The summed E-state index contributed by atoms with van der Waals surface area (Å²) in [5.74, 6) is 0.571. The van der Waals surface area contributed by atoms with Crippen molar-refractivity contribution in [2.45, 2.75) is 44.4 Å². The molecule has 1 amide bonds. The molecule has 2 unspecified atom stereocenters. The largest absolute Gasteiger partial charge is 0.375 e. The molecule has 3 aliphatic rings. The highest BCUT2D eigenvalue weighted by atomic mass is 16.5. The van der Waals surface area contributed by atoms with E-state index in [1.165, 1.54) is 30.5 Å². The predicted molar refractivity (Wildman–Crippen MR) is 131 cm³/mol. The normalized spacial score (nSPS) is 23.1. The van der Waals surface area contributed by atoms with Crippen molar-refractivity contribution in [1.82, 2.24) is 24.6 Å². The number of aromatic nitrogens is 3. The first-order valence-corrected chi connectivity index (χ1v) is 12.4. The number of likely N-dealkylation sites (tertiary alicyclic amines) is 2. The third-order valence-electron chi connectivity index (χ3n) is 7.54. The number of fused-ring (bicyclic) bond motifs is 3. The maximum Gasteiger partial charge on any atom is 0.239 e. The third kappa shape index (κ3) is 4.33. The average Bonchev–Trinajstić information content (AvgIpc) is 3.56. The molecule has 1 aromatic carbocycles. The number of amides is 1. The van der Waals surface area contributed by atoms with E-state index in [9.17, 15) is 4.79 Å². The van der Waals surface area contributed by atoms with Gasteiger partial charge in [-0.3, -0.25) is 19.3 Å². The summed E-state index contributed by atoms with van der Waals surface area (Å²) in [4.78, 5) is 21.9. The van der Waals surface area contributed by atoms with E-state index in [4.69, 9.17) is 4.74 Å². The first-order valence-electron chi connectivity index (χ1n) is 12.4. The summed E-state index contributed by atoms with van der Waals surface area (Å²) in [6.45, 7) is 5.21. The lowest BCUT2D eigenvalue weighted by atomic mass is 10.0. The van der Waals surface area contributed by atoms with Crippen molar-refractivity contribution in [3.63, 3.8) is 0 Å². The van der Waals surface area contributed by atoms with Gasteiger partial charge in [0, 0.05) is 43.3 Å². The molecule has 34 heavy (non-hydrogen) atoms. The van der Waals surface area contributed by atoms with E-state index in [0.717, 1.165) is 55.5 Å². The van der Waals surface area contributed by atoms with Crippen LogP contribution in [-0.4, -0.2) is 75.4 Å². The van der Waals surface area contributed by atoms with Crippen molar-refractivity contribution in [3.8, 4) is 11.1 Å². The number of pyridine rings is 1. The van der Waals surface area contributed by atoms with Crippen LogP contribution in [0.1, 0.15) is 31.4 Å². The number of carbonyl (C=O) groups excluding carboxylic acids is 1. The second-order valence-corrected chi connectivity index (χ2v) is 9.92. The highest BCUT2D eigenvalue weighted by molar-refractivity contribution is 5.95. The van der Waals surface area contributed by atoms with Gasteiger partial charge in [-0.15, -0.1) is 0 Å². The molecule has 8 nitrogen and oxygen atoms in total. The zero-order valence-corrected chi connectivity index (χ0v) is 19.7. The number of aryl methyl sites for hydroxylation is 1. The number of hydrogen-bond acceptors (Lipinski definition) is 6. The first-order chi connectivity index (χ1) is 16.6. The van der Waals surface area contributed by atoms with Crippen LogP contribution < -0.4 is 5.32 Å². The Bertz CT molecular complexity index is 1200. The van der Waals surface area contributed by atoms with Gasteiger partial charge in [0.2, 0.25) is 5.91 Å².